The molecule has 1 aromatic rings. The van der Waals surface area contributed by atoms with Crippen molar-refractivity contribution in [3.63, 3.8) is 0 Å². The standard InChI is InChI=1S/C11H12O3S/c1-3-8-15(13)10-7-5-4-6-9(10)11(12)14-2/h3-7H,1,8H2,2H3. The van der Waals surface area contributed by atoms with Gasteiger partial charge in [-0.05, 0) is 12.1 Å². The van der Waals surface area contributed by atoms with Gasteiger partial charge in [-0.3, -0.25) is 4.21 Å². The first-order valence-electron chi connectivity index (χ1n) is 4.37. The molecule has 0 radical (unpaired) electrons. The largest absolute Gasteiger partial charge is 0.465 e. The Morgan fingerprint density at radius 1 is 1.53 bits per heavy atom. The summed E-state index contributed by atoms with van der Waals surface area (Å²) in [4.78, 5) is 11.9. The predicted molar refractivity (Wildman–Crippen MR) is 59.3 cm³/mol. The third kappa shape index (κ3) is 2.76. The van der Waals surface area contributed by atoms with Gasteiger partial charge in [-0.2, -0.15) is 0 Å². The number of carbonyl (C=O) groups excluding carboxylic acids is 1. The Kier molecular flexibility index (Phi) is 4.24. The minimum Gasteiger partial charge on any atom is -0.465 e. The van der Waals surface area contributed by atoms with E-state index in [9.17, 15) is 9.00 Å². The summed E-state index contributed by atoms with van der Waals surface area (Å²) in [6.07, 6.45) is 1.56. The van der Waals surface area contributed by atoms with Crippen molar-refractivity contribution in [1.82, 2.24) is 0 Å². The van der Waals surface area contributed by atoms with Crippen molar-refractivity contribution in [1.29, 1.82) is 0 Å². The summed E-state index contributed by atoms with van der Waals surface area (Å²) in [6.45, 7) is 3.51. The van der Waals surface area contributed by atoms with Gasteiger partial charge < -0.3 is 4.74 Å². The fraction of sp³-hybridized carbons (Fsp3) is 0.182. The lowest BCUT2D eigenvalue weighted by atomic mass is 10.2. The van der Waals surface area contributed by atoms with Crippen LogP contribution in [0.5, 0.6) is 0 Å². The smallest absolute Gasteiger partial charge is 0.339 e. The van der Waals surface area contributed by atoms with E-state index in [0.29, 0.717) is 16.2 Å². The molecule has 0 aromatic heterocycles. The zero-order chi connectivity index (χ0) is 11.3. The molecular formula is C11H12O3S. The molecule has 1 atom stereocenters. The molecule has 80 valence electrons. The molecule has 0 bridgehead atoms. The molecule has 3 nitrogen and oxygen atoms in total. The zero-order valence-corrected chi connectivity index (χ0v) is 9.25. The van der Waals surface area contributed by atoms with Gasteiger partial charge in [0.05, 0.1) is 28.4 Å². The molecule has 4 heteroatoms. The summed E-state index contributed by atoms with van der Waals surface area (Å²) in [5.74, 6) is -0.142. The summed E-state index contributed by atoms with van der Waals surface area (Å²) in [6, 6.07) is 6.71. The molecule has 0 saturated carbocycles. The summed E-state index contributed by atoms with van der Waals surface area (Å²) in [7, 11) is 0.0651. The van der Waals surface area contributed by atoms with Crippen LogP contribution < -0.4 is 0 Å². The maximum atomic E-state index is 11.7. The lowest BCUT2D eigenvalue weighted by Gasteiger charge is -2.05. The topological polar surface area (TPSA) is 43.4 Å². The van der Waals surface area contributed by atoms with Crippen LogP contribution in [0.2, 0.25) is 0 Å². The van der Waals surface area contributed by atoms with Crippen LogP contribution in [0.1, 0.15) is 10.4 Å². The van der Waals surface area contributed by atoms with Crippen LogP contribution in [0.25, 0.3) is 0 Å². The van der Waals surface area contributed by atoms with Crippen molar-refractivity contribution in [2.24, 2.45) is 0 Å². The fourth-order valence-corrected chi connectivity index (χ4v) is 2.16. The van der Waals surface area contributed by atoms with E-state index in [-0.39, 0.29) is 0 Å². The maximum Gasteiger partial charge on any atom is 0.339 e. The van der Waals surface area contributed by atoms with Crippen molar-refractivity contribution in [2.75, 3.05) is 12.9 Å². The van der Waals surface area contributed by atoms with E-state index < -0.39 is 16.8 Å². The van der Waals surface area contributed by atoms with Crippen molar-refractivity contribution in [3.05, 3.63) is 42.5 Å². The number of hydrogen-bond acceptors (Lipinski definition) is 3. The van der Waals surface area contributed by atoms with Crippen LogP contribution in [0.4, 0.5) is 0 Å². The summed E-state index contributed by atoms with van der Waals surface area (Å²) in [5.41, 5.74) is 0.347. The second-order valence-electron chi connectivity index (χ2n) is 2.79. The normalized spacial score (nSPS) is 11.8. The van der Waals surface area contributed by atoms with Crippen LogP contribution in [0.3, 0.4) is 0 Å². The molecule has 1 aromatic carbocycles. The van der Waals surface area contributed by atoms with E-state index >= 15 is 0 Å². The summed E-state index contributed by atoms with van der Waals surface area (Å²) < 4.78 is 16.3. The molecule has 0 heterocycles. The van der Waals surface area contributed by atoms with E-state index in [1.54, 1.807) is 30.3 Å². The van der Waals surface area contributed by atoms with Gasteiger partial charge in [0.1, 0.15) is 0 Å². The third-order valence-corrected chi connectivity index (χ3v) is 3.19. The van der Waals surface area contributed by atoms with E-state index in [4.69, 9.17) is 0 Å². The number of hydrogen-bond donors (Lipinski definition) is 0. The highest BCUT2D eigenvalue weighted by Gasteiger charge is 2.14. The van der Waals surface area contributed by atoms with Crippen molar-refractivity contribution in [2.45, 2.75) is 4.90 Å². The quantitative estimate of drug-likeness (QED) is 0.578. The highest BCUT2D eigenvalue weighted by atomic mass is 32.2. The fourth-order valence-electron chi connectivity index (χ4n) is 1.14. The number of ether oxygens (including phenoxy) is 1. The van der Waals surface area contributed by atoms with Crippen molar-refractivity contribution >= 4 is 16.8 Å². The molecule has 0 aliphatic rings. The Morgan fingerprint density at radius 2 is 2.20 bits per heavy atom. The Balaban J connectivity index is 3.11. The number of methoxy groups -OCH3 is 1. The number of carbonyl (C=O) groups is 1. The number of benzene rings is 1. The van der Waals surface area contributed by atoms with Gasteiger partial charge in [-0.15, -0.1) is 6.58 Å². The highest BCUT2D eigenvalue weighted by molar-refractivity contribution is 7.85. The van der Waals surface area contributed by atoms with Crippen LogP contribution >= 0.6 is 0 Å². The predicted octanol–water partition coefficient (Wildman–Crippen LogP) is 1.77. The molecule has 1 rings (SSSR count). The van der Waals surface area contributed by atoms with Gasteiger partial charge in [0.25, 0.3) is 0 Å². The lowest BCUT2D eigenvalue weighted by Crippen LogP contribution is -2.07. The van der Waals surface area contributed by atoms with Crippen LogP contribution in [0.15, 0.2) is 41.8 Å². The lowest BCUT2D eigenvalue weighted by molar-refractivity contribution is 0.0596. The summed E-state index contributed by atoms with van der Waals surface area (Å²) in [5, 5.41) is 0. The van der Waals surface area contributed by atoms with Crippen LogP contribution in [-0.4, -0.2) is 23.0 Å². The van der Waals surface area contributed by atoms with Gasteiger partial charge in [-0.1, -0.05) is 18.2 Å². The molecule has 0 fully saturated rings. The average Bonchev–Trinajstić information content (AvgIpc) is 2.28. The van der Waals surface area contributed by atoms with Gasteiger partial charge in [0.15, 0.2) is 0 Å². The SMILES string of the molecule is C=CCS(=O)c1ccccc1C(=O)OC. The van der Waals surface area contributed by atoms with Crippen LogP contribution in [-0.2, 0) is 15.5 Å². The molecule has 0 aliphatic heterocycles. The molecule has 0 amide bonds. The van der Waals surface area contributed by atoms with Crippen molar-refractivity contribution < 1.29 is 13.7 Å². The minimum absolute atomic E-state index is 0.327. The third-order valence-electron chi connectivity index (χ3n) is 1.81. The molecule has 0 aliphatic carbocycles. The molecule has 1 unspecified atom stereocenters. The molecule has 0 spiro atoms. The average molecular weight is 224 g/mol. The first-order chi connectivity index (χ1) is 7.20. The van der Waals surface area contributed by atoms with E-state index in [2.05, 4.69) is 11.3 Å². The summed E-state index contributed by atoms with van der Waals surface area (Å²) >= 11 is 0. The second-order valence-corrected chi connectivity index (χ2v) is 4.25. The number of rotatable bonds is 4. The van der Waals surface area contributed by atoms with E-state index in [1.165, 1.54) is 7.11 Å². The zero-order valence-electron chi connectivity index (χ0n) is 8.43. The number of esters is 1. The van der Waals surface area contributed by atoms with Crippen LogP contribution in [0, 0.1) is 0 Å². The van der Waals surface area contributed by atoms with Crippen molar-refractivity contribution in [3.8, 4) is 0 Å². The minimum atomic E-state index is -1.24. The molecule has 0 saturated heterocycles. The van der Waals surface area contributed by atoms with E-state index in [0.717, 1.165) is 0 Å². The first-order valence-corrected chi connectivity index (χ1v) is 5.69. The Bertz CT molecular complexity index is 399. The van der Waals surface area contributed by atoms with Gasteiger partial charge in [-0.25, -0.2) is 4.79 Å². The van der Waals surface area contributed by atoms with Gasteiger partial charge in [0, 0.05) is 5.75 Å². The molecule has 0 N–H and O–H groups in total. The Morgan fingerprint density at radius 3 is 2.80 bits per heavy atom. The Labute approximate surface area is 91.2 Å². The van der Waals surface area contributed by atoms with E-state index in [1.807, 2.05) is 0 Å². The molecular weight excluding hydrogens is 212 g/mol. The maximum absolute atomic E-state index is 11.7. The Hall–Kier alpha value is -1.42. The molecule has 15 heavy (non-hydrogen) atoms. The van der Waals surface area contributed by atoms with Gasteiger partial charge in [0.2, 0.25) is 0 Å². The highest BCUT2D eigenvalue weighted by Crippen LogP contribution is 2.14. The second kappa shape index (κ2) is 5.46. The monoisotopic (exact) mass is 224 g/mol. The first kappa shape index (κ1) is 11.7. The van der Waals surface area contributed by atoms with Gasteiger partial charge >= 0.3 is 5.97 Å².